The van der Waals surface area contributed by atoms with Crippen LogP contribution in [0.1, 0.15) is 44.7 Å². The molecule has 0 aliphatic heterocycles. The maximum absolute atomic E-state index is 11.9. The van der Waals surface area contributed by atoms with Crippen LogP contribution in [0.15, 0.2) is 29.2 Å². The van der Waals surface area contributed by atoms with Crippen molar-refractivity contribution in [2.45, 2.75) is 50.1 Å². The van der Waals surface area contributed by atoms with E-state index in [9.17, 15) is 13.2 Å². The zero-order valence-corrected chi connectivity index (χ0v) is 13.6. The molecule has 0 saturated carbocycles. The van der Waals surface area contributed by atoms with E-state index < -0.39 is 9.84 Å². The third-order valence-corrected chi connectivity index (χ3v) is 4.42. The maximum atomic E-state index is 11.9. The van der Waals surface area contributed by atoms with Crippen LogP contribution >= 0.6 is 0 Å². The summed E-state index contributed by atoms with van der Waals surface area (Å²) in [4.78, 5) is 12.1. The Bertz CT molecular complexity index is 567. The second-order valence-corrected chi connectivity index (χ2v) is 7.40. The van der Waals surface area contributed by atoms with Gasteiger partial charge >= 0.3 is 0 Å². The molecule has 0 saturated heterocycles. The monoisotopic (exact) mass is 312 g/mol. The van der Waals surface area contributed by atoms with Gasteiger partial charge in [-0.25, -0.2) is 8.42 Å². The molecular weight excluding hydrogens is 288 g/mol. The highest BCUT2D eigenvalue weighted by Crippen LogP contribution is 2.16. The second-order valence-electron chi connectivity index (χ2n) is 5.38. The molecule has 1 amide bonds. The van der Waals surface area contributed by atoms with Crippen molar-refractivity contribution in [3.05, 3.63) is 29.8 Å². The molecule has 6 heteroatoms. The minimum atomic E-state index is -3.19. The number of carbonyl (C=O) groups excluding carboxylic acids is 1. The summed E-state index contributed by atoms with van der Waals surface area (Å²) < 4.78 is 22.8. The summed E-state index contributed by atoms with van der Waals surface area (Å²) >= 11 is 0. The third-order valence-electron chi connectivity index (χ3n) is 3.29. The molecule has 1 rings (SSSR count). The van der Waals surface area contributed by atoms with E-state index in [-0.39, 0.29) is 22.9 Å². The molecule has 3 N–H and O–H groups in total. The van der Waals surface area contributed by atoms with Crippen LogP contribution in [0.2, 0.25) is 0 Å². The number of sulfone groups is 1. The standard InChI is InChI=1S/C15H24N2O3S/c1-4-5-13(16)10-15(18)17-11(2)12-6-8-14(9-7-12)21(3,19)20/h6-9,11,13H,4-5,10,16H2,1-3H3,(H,17,18). The summed E-state index contributed by atoms with van der Waals surface area (Å²) in [5, 5.41) is 2.88. The number of rotatable bonds is 7. The molecule has 118 valence electrons. The summed E-state index contributed by atoms with van der Waals surface area (Å²) in [6.07, 6.45) is 3.25. The van der Waals surface area contributed by atoms with Crippen molar-refractivity contribution < 1.29 is 13.2 Å². The number of nitrogens with one attached hydrogen (secondary N) is 1. The van der Waals surface area contributed by atoms with Gasteiger partial charge in [0.1, 0.15) is 0 Å². The van der Waals surface area contributed by atoms with Gasteiger partial charge in [-0.3, -0.25) is 4.79 Å². The van der Waals surface area contributed by atoms with Crippen molar-refractivity contribution in [2.24, 2.45) is 5.73 Å². The summed E-state index contributed by atoms with van der Waals surface area (Å²) in [6, 6.07) is 6.24. The van der Waals surface area contributed by atoms with Crippen molar-refractivity contribution in [1.82, 2.24) is 5.32 Å². The van der Waals surface area contributed by atoms with Crippen molar-refractivity contribution >= 4 is 15.7 Å². The molecule has 0 bridgehead atoms. The first-order valence-corrected chi connectivity index (χ1v) is 8.98. The number of hydrogen-bond acceptors (Lipinski definition) is 4. The zero-order chi connectivity index (χ0) is 16.0. The summed E-state index contributed by atoms with van der Waals surface area (Å²) in [5.41, 5.74) is 6.70. The number of benzene rings is 1. The van der Waals surface area contributed by atoms with Crippen LogP contribution in [0, 0.1) is 0 Å². The van der Waals surface area contributed by atoms with E-state index in [0.717, 1.165) is 18.4 Å². The molecule has 0 spiro atoms. The Kier molecular flexibility index (Phi) is 6.36. The highest BCUT2D eigenvalue weighted by atomic mass is 32.2. The Morgan fingerprint density at radius 3 is 2.33 bits per heavy atom. The van der Waals surface area contributed by atoms with Gasteiger partial charge in [-0.2, -0.15) is 0 Å². The zero-order valence-electron chi connectivity index (χ0n) is 12.8. The van der Waals surface area contributed by atoms with Crippen molar-refractivity contribution in [3.8, 4) is 0 Å². The van der Waals surface area contributed by atoms with E-state index >= 15 is 0 Å². The first kappa shape index (κ1) is 17.7. The van der Waals surface area contributed by atoms with Crippen molar-refractivity contribution in [2.75, 3.05) is 6.26 Å². The van der Waals surface area contributed by atoms with Gasteiger partial charge in [0.2, 0.25) is 5.91 Å². The first-order valence-electron chi connectivity index (χ1n) is 7.09. The molecule has 21 heavy (non-hydrogen) atoms. The fourth-order valence-electron chi connectivity index (χ4n) is 2.10. The maximum Gasteiger partial charge on any atom is 0.222 e. The molecule has 1 aromatic carbocycles. The molecular formula is C15H24N2O3S. The smallest absolute Gasteiger partial charge is 0.222 e. The Balaban J connectivity index is 2.63. The molecule has 2 unspecified atom stereocenters. The lowest BCUT2D eigenvalue weighted by atomic mass is 10.1. The molecule has 0 aliphatic rings. The Morgan fingerprint density at radius 2 is 1.86 bits per heavy atom. The lowest BCUT2D eigenvalue weighted by Crippen LogP contribution is -2.33. The van der Waals surface area contributed by atoms with E-state index in [4.69, 9.17) is 5.73 Å². The number of amides is 1. The summed E-state index contributed by atoms with van der Waals surface area (Å²) in [6.45, 7) is 3.89. The molecule has 0 fully saturated rings. The predicted octanol–water partition coefficient (Wildman–Crippen LogP) is 1.78. The quantitative estimate of drug-likeness (QED) is 0.803. The molecule has 5 nitrogen and oxygen atoms in total. The van der Waals surface area contributed by atoms with Crippen molar-refractivity contribution in [3.63, 3.8) is 0 Å². The van der Waals surface area contributed by atoms with Gasteiger partial charge in [-0.05, 0) is 31.0 Å². The van der Waals surface area contributed by atoms with E-state index in [0.29, 0.717) is 6.42 Å². The van der Waals surface area contributed by atoms with Gasteiger partial charge in [-0.15, -0.1) is 0 Å². The summed E-state index contributed by atoms with van der Waals surface area (Å²) in [5.74, 6) is -0.0874. The largest absolute Gasteiger partial charge is 0.350 e. The van der Waals surface area contributed by atoms with E-state index in [1.807, 2.05) is 13.8 Å². The molecule has 1 aromatic rings. The van der Waals surface area contributed by atoms with Gasteiger partial charge in [0.25, 0.3) is 0 Å². The van der Waals surface area contributed by atoms with Crippen LogP contribution < -0.4 is 11.1 Å². The van der Waals surface area contributed by atoms with Crippen LogP contribution in [0.5, 0.6) is 0 Å². The van der Waals surface area contributed by atoms with Crippen molar-refractivity contribution in [1.29, 1.82) is 0 Å². The molecule has 0 heterocycles. The predicted molar refractivity (Wildman–Crippen MR) is 83.6 cm³/mol. The van der Waals surface area contributed by atoms with Gasteiger partial charge < -0.3 is 11.1 Å². The fraction of sp³-hybridized carbons (Fsp3) is 0.533. The van der Waals surface area contributed by atoms with E-state index in [2.05, 4.69) is 5.32 Å². The normalized spacial score (nSPS) is 14.5. The summed E-state index contributed by atoms with van der Waals surface area (Å²) in [7, 11) is -3.19. The molecule has 0 aromatic heterocycles. The molecule has 0 radical (unpaired) electrons. The Morgan fingerprint density at radius 1 is 1.29 bits per heavy atom. The van der Waals surface area contributed by atoms with Crippen LogP contribution in [-0.2, 0) is 14.6 Å². The Labute approximate surface area is 126 Å². The van der Waals surface area contributed by atoms with Gasteiger partial charge in [0.15, 0.2) is 9.84 Å². The third kappa shape index (κ3) is 5.85. The fourth-order valence-corrected chi connectivity index (χ4v) is 2.73. The minimum absolute atomic E-state index is 0.0874. The van der Waals surface area contributed by atoms with E-state index in [1.165, 1.54) is 6.26 Å². The average molecular weight is 312 g/mol. The molecule has 0 aliphatic carbocycles. The van der Waals surface area contributed by atoms with Crippen LogP contribution in [-0.4, -0.2) is 26.6 Å². The second kappa shape index (κ2) is 7.56. The van der Waals surface area contributed by atoms with Crippen LogP contribution in [0.3, 0.4) is 0 Å². The molecule has 2 atom stereocenters. The lowest BCUT2D eigenvalue weighted by molar-refractivity contribution is -0.122. The van der Waals surface area contributed by atoms with Gasteiger partial charge in [0.05, 0.1) is 10.9 Å². The number of nitrogens with two attached hydrogens (primary N) is 1. The van der Waals surface area contributed by atoms with Crippen LogP contribution in [0.25, 0.3) is 0 Å². The number of carbonyl (C=O) groups is 1. The number of hydrogen-bond donors (Lipinski definition) is 2. The highest BCUT2D eigenvalue weighted by Gasteiger charge is 2.14. The van der Waals surface area contributed by atoms with E-state index in [1.54, 1.807) is 24.3 Å². The average Bonchev–Trinajstić information content (AvgIpc) is 2.37. The first-order chi connectivity index (χ1) is 9.74. The topological polar surface area (TPSA) is 89.3 Å². The Hall–Kier alpha value is -1.40. The van der Waals surface area contributed by atoms with Gasteiger partial charge in [-0.1, -0.05) is 25.5 Å². The highest BCUT2D eigenvalue weighted by molar-refractivity contribution is 7.90. The van der Waals surface area contributed by atoms with Gasteiger partial charge in [0, 0.05) is 18.7 Å². The lowest BCUT2D eigenvalue weighted by Gasteiger charge is -2.16. The van der Waals surface area contributed by atoms with Crippen LogP contribution in [0.4, 0.5) is 0 Å². The minimum Gasteiger partial charge on any atom is -0.350 e. The SMILES string of the molecule is CCCC(N)CC(=O)NC(C)c1ccc(S(C)(=O)=O)cc1.